The zero-order valence-electron chi connectivity index (χ0n) is 18.4. The van der Waals surface area contributed by atoms with E-state index in [2.05, 4.69) is 69.1 Å². The third kappa shape index (κ3) is 4.67. The molecule has 5 heteroatoms. The summed E-state index contributed by atoms with van der Waals surface area (Å²) in [7, 11) is 0. The molecule has 0 bridgehead atoms. The quantitative estimate of drug-likeness (QED) is 0.366. The lowest BCUT2D eigenvalue weighted by Gasteiger charge is -2.20. The topological polar surface area (TPSA) is 46.1 Å². The number of fused-ring (bicyclic) bond motifs is 1. The van der Waals surface area contributed by atoms with Crippen molar-refractivity contribution >= 4 is 32.6 Å². The van der Waals surface area contributed by atoms with Crippen LogP contribution < -0.4 is 4.90 Å². The van der Waals surface area contributed by atoms with Gasteiger partial charge in [-0.1, -0.05) is 61.6 Å². The van der Waals surface area contributed by atoms with Gasteiger partial charge in [0.25, 0.3) is 0 Å². The summed E-state index contributed by atoms with van der Waals surface area (Å²) in [6.45, 7) is 8.92. The van der Waals surface area contributed by atoms with E-state index in [-0.39, 0.29) is 5.91 Å². The summed E-state index contributed by atoms with van der Waals surface area (Å²) in [5.74, 6) is 0.497. The fourth-order valence-corrected chi connectivity index (χ4v) is 4.58. The molecule has 0 fully saturated rings. The third-order valence-corrected chi connectivity index (χ3v) is 6.70. The molecule has 2 aromatic heterocycles. The fourth-order valence-electron chi connectivity index (χ4n) is 3.54. The van der Waals surface area contributed by atoms with Crippen molar-refractivity contribution in [1.29, 1.82) is 0 Å². The van der Waals surface area contributed by atoms with E-state index in [1.807, 2.05) is 18.2 Å². The Balaban J connectivity index is 1.67. The van der Waals surface area contributed by atoms with Gasteiger partial charge in [0.15, 0.2) is 5.13 Å². The maximum Gasteiger partial charge on any atom is 0.233 e. The van der Waals surface area contributed by atoms with Crippen molar-refractivity contribution in [3.63, 3.8) is 0 Å². The smallest absolute Gasteiger partial charge is 0.233 e. The lowest BCUT2D eigenvalue weighted by molar-refractivity contribution is -0.118. The van der Waals surface area contributed by atoms with Gasteiger partial charge in [0.2, 0.25) is 5.91 Å². The van der Waals surface area contributed by atoms with Gasteiger partial charge in [-0.05, 0) is 60.2 Å². The summed E-state index contributed by atoms with van der Waals surface area (Å²) < 4.78 is 1.10. The number of benzene rings is 2. The van der Waals surface area contributed by atoms with Crippen molar-refractivity contribution in [3.8, 4) is 0 Å². The number of hydrogen-bond donors (Lipinski definition) is 0. The predicted octanol–water partition coefficient (Wildman–Crippen LogP) is 6.21. The Morgan fingerprint density at radius 3 is 2.48 bits per heavy atom. The van der Waals surface area contributed by atoms with Gasteiger partial charge >= 0.3 is 0 Å². The average molecular weight is 430 g/mol. The van der Waals surface area contributed by atoms with Crippen molar-refractivity contribution in [2.45, 2.75) is 46.6 Å². The van der Waals surface area contributed by atoms with E-state index in [0.29, 0.717) is 18.9 Å². The second-order valence-electron chi connectivity index (χ2n) is 8.22. The Kier molecular flexibility index (Phi) is 6.14. The zero-order chi connectivity index (χ0) is 22.0. The highest BCUT2D eigenvalue weighted by Crippen LogP contribution is 2.33. The van der Waals surface area contributed by atoms with Crippen LogP contribution in [0.5, 0.6) is 0 Å². The van der Waals surface area contributed by atoms with Crippen LogP contribution in [0, 0.1) is 13.8 Å². The minimum Gasteiger partial charge on any atom is -0.282 e. The molecule has 0 unspecified atom stereocenters. The number of rotatable bonds is 6. The molecule has 4 aromatic rings. The van der Waals surface area contributed by atoms with Gasteiger partial charge in [0.1, 0.15) is 0 Å². The van der Waals surface area contributed by atoms with Gasteiger partial charge in [0, 0.05) is 6.20 Å². The number of nitrogens with zero attached hydrogens (tertiary/aromatic N) is 3. The van der Waals surface area contributed by atoms with Crippen LogP contribution in [0.25, 0.3) is 10.2 Å². The van der Waals surface area contributed by atoms with E-state index < -0.39 is 0 Å². The highest BCUT2D eigenvalue weighted by atomic mass is 32.1. The third-order valence-electron chi connectivity index (χ3n) is 5.65. The summed E-state index contributed by atoms with van der Waals surface area (Å²) in [6.07, 6.45) is 2.09. The second kappa shape index (κ2) is 8.98. The van der Waals surface area contributed by atoms with E-state index in [1.165, 1.54) is 11.1 Å². The van der Waals surface area contributed by atoms with Crippen molar-refractivity contribution in [1.82, 2.24) is 9.97 Å². The minimum absolute atomic E-state index is 0.0244. The average Bonchev–Trinajstić information content (AvgIpc) is 3.20. The number of anilines is 1. The van der Waals surface area contributed by atoms with Crippen molar-refractivity contribution in [2.75, 3.05) is 4.90 Å². The normalized spacial score (nSPS) is 11.3. The standard InChI is InChI=1S/C26H27N3OS/c1-17(2)21-11-9-20(10-12-21)15-24(30)29(16-22-7-5-6-14-27-22)26-28-25-19(4)18(3)8-13-23(25)31-26/h5-14,17H,15-16H2,1-4H3. The molecule has 2 heterocycles. The maximum absolute atomic E-state index is 13.4. The molecule has 0 aliphatic heterocycles. The Bertz CT molecular complexity index is 1200. The SMILES string of the molecule is Cc1ccc2sc(N(Cc3ccccn3)C(=O)Cc3ccc(C(C)C)cc3)nc2c1C. The van der Waals surface area contributed by atoms with Crippen LogP contribution in [0.4, 0.5) is 5.13 Å². The molecule has 4 rings (SSSR count). The van der Waals surface area contributed by atoms with E-state index in [9.17, 15) is 4.79 Å². The first-order chi connectivity index (χ1) is 14.9. The monoisotopic (exact) mass is 429 g/mol. The maximum atomic E-state index is 13.4. The summed E-state index contributed by atoms with van der Waals surface area (Å²) in [6, 6.07) is 18.3. The molecular weight excluding hydrogens is 402 g/mol. The van der Waals surface area contributed by atoms with Gasteiger partial charge in [-0.25, -0.2) is 4.98 Å². The lowest BCUT2D eigenvalue weighted by atomic mass is 10.0. The molecule has 4 nitrogen and oxygen atoms in total. The summed E-state index contributed by atoms with van der Waals surface area (Å²) in [5, 5.41) is 0.721. The number of aryl methyl sites for hydroxylation is 2. The number of hydrogen-bond acceptors (Lipinski definition) is 4. The molecule has 0 aliphatic carbocycles. The van der Waals surface area contributed by atoms with E-state index in [4.69, 9.17) is 4.98 Å². The number of carbonyl (C=O) groups is 1. The highest BCUT2D eigenvalue weighted by Gasteiger charge is 2.22. The molecule has 0 atom stereocenters. The minimum atomic E-state index is 0.0244. The molecule has 0 N–H and O–H groups in total. The molecular formula is C26H27N3OS. The first kappa shape index (κ1) is 21.2. The number of thiazole rings is 1. The largest absolute Gasteiger partial charge is 0.282 e. The van der Waals surface area contributed by atoms with Crippen LogP contribution in [0.2, 0.25) is 0 Å². The van der Waals surface area contributed by atoms with Crippen LogP contribution in [0.1, 0.15) is 47.7 Å². The molecule has 2 aromatic carbocycles. The van der Waals surface area contributed by atoms with Crippen molar-refractivity contribution in [3.05, 3.63) is 88.7 Å². The van der Waals surface area contributed by atoms with Crippen LogP contribution in [0.3, 0.4) is 0 Å². The van der Waals surface area contributed by atoms with Crippen molar-refractivity contribution in [2.24, 2.45) is 0 Å². The zero-order valence-corrected chi connectivity index (χ0v) is 19.2. The molecule has 158 valence electrons. The van der Waals surface area contributed by atoms with E-state index in [1.54, 1.807) is 22.4 Å². The van der Waals surface area contributed by atoms with Crippen LogP contribution in [-0.2, 0) is 17.8 Å². The van der Waals surface area contributed by atoms with Crippen LogP contribution in [-0.4, -0.2) is 15.9 Å². The van der Waals surface area contributed by atoms with Gasteiger partial charge in [-0.2, -0.15) is 0 Å². The lowest BCUT2D eigenvalue weighted by Crippen LogP contribution is -2.32. The summed E-state index contributed by atoms with van der Waals surface area (Å²) >= 11 is 1.56. The molecule has 31 heavy (non-hydrogen) atoms. The molecule has 0 spiro atoms. The Morgan fingerprint density at radius 1 is 1.03 bits per heavy atom. The number of carbonyl (C=O) groups excluding carboxylic acids is 1. The molecule has 0 saturated carbocycles. The number of aromatic nitrogens is 2. The van der Waals surface area contributed by atoms with Crippen LogP contribution >= 0.6 is 11.3 Å². The van der Waals surface area contributed by atoms with Gasteiger partial charge in [-0.15, -0.1) is 0 Å². The molecule has 0 radical (unpaired) electrons. The second-order valence-corrected chi connectivity index (χ2v) is 9.23. The van der Waals surface area contributed by atoms with Crippen molar-refractivity contribution < 1.29 is 4.79 Å². The van der Waals surface area contributed by atoms with Gasteiger partial charge in [0.05, 0.1) is 28.9 Å². The summed E-state index contributed by atoms with van der Waals surface area (Å²) in [4.78, 5) is 24.5. The number of pyridine rings is 1. The number of amides is 1. The molecule has 0 saturated heterocycles. The first-order valence-electron chi connectivity index (χ1n) is 10.6. The van der Waals surface area contributed by atoms with Gasteiger partial charge < -0.3 is 0 Å². The highest BCUT2D eigenvalue weighted by molar-refractivity contribution is 7.22. The summed E-state index contributed by atoms with van der Waals surface area (Å²) in [5.41, 5.74) is 6.47. The van der Waals surface area contributed by atoms with E-state index in [0.717, 1.165) is 32.2 Å². The first-order valence-corrected chi connectivity index (χ1v) is 11.4. The van der Waals surface area contributed by atoms with Crippen LogP contribution in [0.15, 0.2) is 60.8 Å². The van der Waals surface area contributed by atoms with E-state index >= 15 is 0 Å². The molecule has 0 aliphatic rings. The molecule has 1 amide bonds. The Hall–Kier alpha value is -3.05. The fraction of sp³-hybridized carbons (Fsp3) is 0.269. The predicted molar refractivity (Wildman–Crippen MR) is 129 cm³/mol. The Labute approximate surface area is 187 Å². The van der Waals surface area contributed by atoms with Gasteiger partial charge in [-0.3, -0.25) is 14.7 Å². The Morgan fingerprint density at radius 2 is 1.81 bits per heavy atom.